The summed E-state index contributed by atoms with van der Waals surface area (Å²) in [5, 5.41) is 9.68. The van der Waals surface area contributed by atoms with Crippen molar-refractivity contribution in [2.24, 2.45) is 5.73 Å². The lowest BCUT2D eigenvalue weighted by atomic mass is 9.88. The third-order valence-corrected chi connectivity index (χ3v) is 4.03. The van der Waals surface area contributed by atoms with Crippen molar-refractivity contribution in [1.82, 2.24) is 0 Å². The number of nitrogens with two attached hydrogens (primary N) is 1. The van der Waals surface area contributed by atoms with Gasteiger partial charge in [0.05, 0.1) is 5.02 Å². The zero-order valence-corrected chi connectivity index (χ0v) is 10.1. The average Bonchev–Trinajstić information content (AvgIpc) is 3.01. The number of hydrogen-bond acceptors (Lipinski definition) is 2. The van der Waals surface area contributed by atoms with E-state index in [1.54, 1.807) is 13.0 Å². The predicted molar refractivity (Wildman–Crippen MR) is 62.4 cm³/mol. The first-order valence-corrected chi connectivity index (χ1v) is 5.71. The van der Waals surface area contributed by atoms with Crippen molar-refractivity contribution in [2.45, 2.75) is 38.1 Å². The zero-order valence-electron chi connectivity index (χ0n) is 9.35. The highest BCUT2D eigenvalue weighted by Crippen LogP contribution is 2.53. The SMILES string of the molecule is Cc1cc(C2(C(C)N)CC2)c(F)c(O)c1Cl. The molecule has 1 aliphatic rings. The number of phenols is 1. The molecular formula is C12H15ClFNO. The van der Waals surface area contributed by atoms with Gasteiger partial charge in [-0.25, -0.2) is 4.39 Å². The molecule has 1 aromatic carbocycles. The Hall–Kier alpha value is -0.800. The van der Waals surface area contributed by atoms with Gasteiger partial charge in [-0.15, -0.1) is 0 Å². The summed E-state index contributed by atoms with van der Waals surface area (Å²) in [5.41, 5.74) is 6.77. The molecule has 0 saturated heterocycles. The van der Waals surface area contributed by atoms with Gasteiger partial charge in [-0.05, 0) is 37.8 Å². The van der Waals surface area contributed by atoms with Gasteiger partial charge >= 0.3 is 0 Å². The second-order valence-corrected chi connectivity index (χ2v) is 5.04. The van der Waals surface area contributed by atoms with E-state index in [2.05, 4.69) is 0 Å². The molecule has 0 aliphatic heterocycles. The van der Waals surface area contributed by atoms with E-state index in [1.165, 1.54) is 0 Å². The van der Waals surface area contributed by atoms with Gasteiger partial charge in [-0.3, -0.25) is 0 Å². The smallest absolute Gasteiger partial charge is 0.170 e. The molecule has 3 N–H and O–H groups in total. The maximum Gasteiger partial charge on any atom is 0.170 e. The third kappa shape index (κ3) is 1.50. The molecule has 1 atom stereocenters. The molecule has 0 bridgehead atoms. The Labute approximate surface area is 99.2 Å². The molecule has 1 unspecified atom stereocenters. The first-order chi connectivity index (χ1) is 7.40. The third-order valence-electron chi connectivity index (χ3n) is 3.56. The minimum absolute atomic E-state index is 0.0849. The minimum Gasteiger partial charge on any atom is -0.504 e. The van der Waals surface area contributed by atoms with Crippen LogP contribution in [0, 0.1) is 12.7 Å². The van der Waals surface area contributed by atoms with Crippen LogP contribution in [-0.4, -0.2) is 11.1 Å². The van der Waals surface area contributed by atoms with Gasteiger partial charge in [-0.1, -0.05) is 17.7 Å². The first-order valence-electron chi connectivity index (χ1n) is 5.34. The minimum atomic E-state index is -0.620. The molecule has 88 valence electrons. The topological polar surface area (TPSA) is 46.2 Å². The Bertz CT molecular complexity index is 441. The Morgan fingerprint density at radius 1 is 1.56 bits per heavy atom. The molecule has 0 radical (unpaired) electrons. The van der Waals surface area contributed by atoms with Gasteiger partial charge in [0, 0.05) is 11.5 Å². The molecule has 0 spiro atoms. The van der Waals surface area contributed by atoms with E-state index < -0.39 is 11.6 Å². The Morgan fingerprint density at radius 2 is 2.12 bits per heavy atom. The fourth-order valence-corrected chi connectivity index (χ4v) is 2.36. The van der Waals surface area contributed by atoms with Crippen LogP contribution in [0.5, 0.6) is 5.75 Å². The van der Waals surface area contributed by atoms with Crippen LogP contribution in [0.3, 0.4) is 0 Å². The number of benzene rings is 1. The molecule has 1 saturated carbocycles. The molecule has 1 aliphatic carbocycles. The van der Waals surface area contributed by atoms with Crippen LogP contribution in [0.1, 0.15) is 30.9 Å². The fraction of sp³-hybridized carbons (Fsp3) is 0.500. The van der Waals surface area contributed by atoms with Crippen LogP contribution in [0.25, 0.3) is 0 Å². The highest BCUT2D eigenvalue weighted by atomic mass is 35.5. The molecule has 1 fully saturated rings. The van der Waals surface area contributed by atoms with Crippen molar-refractivity contribution in [3.8, 4) is 5.75 Å². The summed E-state index contributed by atoms with van der Waals surface area (Å²) in [5.74, 6) is -1.08. The van der Waals surface area contributed by atoms with Crippen LogP contribution in [0.15, 0.2) is 6.07 Å². The molecule has 0 heterocycles. The van der Waals surface area contributed by atoms with Gasteiger partial charge in [0.15, 0.2) is 11.6 Å². The van der Waals surface area contributed by atoms with Crippen molar-refractivity contribution in [2.75, 3.05) is 0 Å². The quantitative estimate of drug-likeness (QED) is 0.839. The maximum atomic E-state index is 13.9. The number of aromatic hydroxyl groups is 1. The van der Waals surface area contributed by atoms with E-state index >= 15 is 0 Å². The van der Waals surface area contributed by atoms with Crippen molar-refractivity contribution in [3.05, 3.63) is 28.0 Å². The molecule has 2 rings (SSSR count). The van der Waals surface area contributed by atoms with Crippen LogP contribution >= 0.6 is 11.6 Å². The molecule has 16 heavy (non-hydrogen) atoms. The van der Waals surface area contributed by atoms with E-state index in [4.69, 9.17) is 17.3 Å². The number of phenolic OH excluding ortho intramolecular Hbond substituents is 1. The Morgan fingerprint density at radius 3 is 2.56 bits per heavy atom. The summed E-state index contributed by atoms with van der Waals surface area (Å²) in [6.07, 6.45) is 1.73. The van der Waals surface area contributed by atoms with E-state index in [9.17, 15) is 9.50 Å². The lowest BCUT2D eigenvalue weighted by Gasteiger charge is -2.22. The molecule has 4 heteroatoms. The predicted octanol–water partition coefficient (Wildman–Crippen LogP) is 2.87. The van der Waals surface area contributed by atoms with Crippen molar-refractivity contribution in [3.63, 3.8) is 0 Å². The van der Waals surface area contributed by atoms with Gasteiger partial charge in [0.2, 0.25) is 0 Å². The summed E-state index contributed by atoms with van der Waals surface area (Å²) in [6.45, 7) is 3.62. The molecule has 0 amide bonds. The monoisotopic (exact) mass is 243 g/mol. The highest BCUT2D eigenvalue weighted by Gasteiger charge is 2.49. The second kappa shape index (κ2) is 3.60. The largest absolute Gasteiger partial charge is 0.504 e. The van der Waals surface area contributed by atoms with Gasteiger partial charge in [0.1, 0.15) is 0 Å². The summed E-state index contributed by atoms with van der Waals surface area (Å²) in [4.78, 5) is 0. The van der Waals surface area contributed by atoms with Gasteiger partial charge in [0.25, 0.3) is 0 Å². The number of rotatable bonds is 2. The molecular weight excluding hydrogens is 229 g/mol. The maximum absolute atomic E-state index is 13.9. The van der Waals surface area contributed by atoms with Crippen LogP contribution < -0.4 is 5.73 Å². The van der Waals surface area contributed by atoms with E-state index in [-0.39, 0.29) is 16.5 Å². The van der Waals surface area contributed by atoms with Crippen LogP contribution in [0.4, 0.5) is 4.39 Å². The van der Waals surface area contributed by atoms with Gasteiger partial charge in [-0.2, -0.15) is 0 Å². The van der Waals surface area contributed by atoms with E-state index in [0.717, 1.165) is 12.8 Å². The lowest BCUT2D eigenvalue weighted by molar-refractivity contribution is 0.417. The summed E-state index contributed by atoms with van der Waals surface area (Å²) < 4.78 is 13.9. The van der Waals surface area contributed by atoms with Crippen molar-refractivity contribution < 1.29 is 9.50 Å². The van der Waals surface area contributed by atoms with Crippen LogP contribution in [-0.2, 0) is 5.41 Å². The average molecular weight is 244 g/mol. The summed E-state index contributed by atoms with van der Waals surface area (Å²) in [7, 11) is 0. The molecule has 2 nitrogen and oxygen atoms in total. The summed E-state index contributed by atoms with van der Waals surface area (Å²) >= 11 is 5.78. The zero-order chi connectivity index (χ0) is 12.1. The lowest BCUT2D eigenvalue weighted by Crippen LogP contribution is -2.32. The standard InChI is InChI=1S/C12H15ClFNO/c1-6-5-8(10(14)11(16)9(6)13)12(3-4-12)7(2)15/h5,7,16H,3-4,15H2,1-2H3. The number of hydrogen-bond donors (Lipinski definition) is 2. The first kappa shape index (κ1) is 11.7. The van der Waals surface area contributed by atoms with Crippen LogP contribution in [0.2, 0.25) is 5.02 Å². The molecule has 0 aromatic heterocycles. The Balaban J connectivity index is 2.59. The van der Waals surface area contributed by atoms with Crippen molar-refractivity contribution >= 4 is 11.6 Å². The van der Waals surface area contributed by atoms with E-state index in [0.29, 0.717) is 11.1 Å². The number of halogens is 2. The second-order valence-electron chi connectivity index (χ2n) is 4.66. The highest BCUT2D eigenvalue weighted by molar-refractivity contribution is 6.32. The Kier molecular flexibility index (Phi) is 2.63. The fourth-order valence-electron chi connectivity index (χ4n) is 2.22. The van der Waals surface area contributed by atoms with Crippen molar-refractivity contribution in [1.29, 1.82) is 0 Å². The van der Waals surface area contributed by atoms with Gasteiger partial charge < -0.3 is 10.8 Å². The normalized spacial score (nSPS) is 19.6. The van der Waals surface area contributed by atoms with E-state index in [1.807, 2.05) is 6.92 Å². The summed E-state index contributed by atoms with van der Waals surface area (Å²) in [6, 6.07) is 1.58. The molecule has 1 aromatic rings. The number of aryl methyl sites for hydroxylation is 1.